The monoisotopic (exact) mass is 529 g/mol. The van der Waals surface area contributed by atoms with Crippen molar-refractivity contribution in [2.24, 2.45) is 0 Å². The van der Waals surface area contributed by atoms with Gasteiger partial charge in [-0.25, -0.2) is 9.18 Å². The van der Waals surface area contributed by atoms with Gasteiger partial charge in [0.15, 0.2) is 5.82 Å². The van der Waals surface area contributed by atoms with Crippen molar-refractivity contribution in [3.8, 4) is 16.9 Å². The third kappa shape index (κ3) is 5.01. The predicted molar refractivity (Wildman–Crippen MR) is 142 cm³/mol. The van der Waals surface area contributed by atoms with E-state index in [1.54, 1.807) is 34.1 Å². The predicted octanol–water partition coefficient (Wildman–Crippen LogP) is 4.60. The number of ether oxygens (including phenoxy) is 2. The van der Waals surface area contributed by atoms with Crippen LogP contribution in [-0.4, -0.2) is 63.1 Å². The van der Waals surface area contributed by atoms with Crippen LogP contribution in [0.5, 0.6) is 5.75 Å². The Hall–Kier alpha value is -4.47. The van der Waals surface area contributed by atoms with Crippen LogP contribution >= 0.6 is 0 Å². The highest BCUT2D eigenvalue weighted by Gasteiger charge is 2.28. The van der Waals surface area contributed by atoms with E-state index in [1.807, 2.05) is 30.3 Å². The van der Waals surface area contributed by atoms with Crippen molar-refractivity contribution in [3.05, 3.63) is 71.9 Å². The SMILES string of the molecule is COC(=O)c1cc2c(-c3ccccc3OC3CC3)cc(C3=CCCN(C(=O)CCn4ccnn4)C3)c(F)c2[nH]1. The van der Waals surface area contributed by atoms with E-state index < -0.39 is 11.8 Å². The molecule has 0 saturated heterocycles. The van der Waals surface area contributed by atoms with E-state index in [1.165, 1.54) is 7.11 Å². The number of aromatic amines is 1. The molecule has 3 heterocycles. The summed E-state index contributed by atoms with van der Waals surface area (Å²) >= 11 is 0. The van der Waals surface area contributed by atoms with Crippen LogP contribution in [0, 0.1) is 5.82 Å². The quantitative estimate of drug-likeness (QED) is 0.335. The Morgan fingerprint density at radius 1 is 1.15 bits per heavy atom. The number of H-pyrrole nitrogens is 1. The van der Waals surface area contributed by atoms with Crippen LogP contribution in [0.4, 0.5) is 4.39 Å². The maximum atomic E-state index is 16.1. The van der Waals surface area contributed by atoms with Crippen molar-refractivity contribution in [3.63, 3.8) is 0 Å². The van der Waals surface area contributed by atoms with Gasteiger partial charge in [0.05, 0.1) is 31.5 Å². The molecule has 0 atom stereocenters. The minimum Gasteiger partial charge on any atom is -0.490 e. The molecule has 200 valence electrons. The maximum absolute atomic E-state index is 16.1. The molecule has 1 fully saturated rings. The van der Waals surface area contributed by atoms with Crippen LogP contribution in [0.25, 0.3) is 27.6 Å². The lowest BCUT2D eigenvalue weighted by atomic mass is 9.93. The number of fused-ring (bicyclic) bond motifs is 1. The molecule has 2 aromatic heterocycles. The first-order valence-corrected chi connectivity index (χ1v) is 13.0. The van der Waals surface area contributed by atoms with Gasteiger partial charge in [0.1, 0.15) is 11.4 Å². The van der Waals surface area contributed by atoms with Crippen LogP contribution in [0.15, 0.2) is 54.9 Å². The standard InChI is InChI=1S/C29H28FN5O4/c1-38-29(37)24-16-23-22(20-6-2-3-7-25(20)39-19-8-9-19)15-21(27(30)28(23)32-24)18-5-4-12-34(17-18)26(36)10-13-35-14-11-31-33-35/h2-3,5-7,11,14-16,19,32H,4,8-10,12-13,17H2,1H3. The molecule has 39 heavy (non-hydrogen) atoms. The van der Waals surface area contributed by atoms with Crippen molar-refractivity contribution in [2.75, 3.05) is 20.2 Å². The lowest BCUT2D eigenvalue weighted by Gasteiger charge is -2.28. The van der Waals surface area contributed by atoms with E-state index in [0.717, 1.165) is 24.0 Å². The van der Waals surface area contributed by atoms with E-state index in [9.17, 15) is 9.59 Å². The molecule has 0 radical (unpaired) electrons. The lowest BCUT2D eigenvalue weighted by Crippen LogP contribution is -2.36. The number of methoxy groups -OCH3 is 1. The minimum absolute atomic E-state index is 0.0335. The summed E-state index contributed by atoms with van der Waals surface area (Å²) in [7, 11) is 1.29. The van der Waals surface area contributed by atoms with Gasteiger partial charge in [-0.3, -0.25) is 9.48 Å². The number of hydrogen-bond acceptors (Lipinski definition) is 6. The van der Waals surface area contributed by atoms with Crippen molar-refractivity contribution in [2.45, 2.75) is 38.3 Å². The van der Waals surface area contributed by atoms with Crippen molar-refractivity contribution < 1.29 is 23.5 Å². The zero-order valence-electron chi connectivity index (χ0n) is 21.5. The molecule has 9 nitrogen and oxygen atoms in total. The largest absolute Gasteiger partial charge is 0.490 e. The molecule has 1 aliphatic heterocycles. The Balaban J connectivity index is 1.39. The number of benzene rings is 2. The Labute approximate surface area is 224 Å². The normalized spacial score (nSPS) is 15.3. The van der Waals surface area contributed by atoms with Gasteiger partial charge in [-0.15, -0.1) is 5.10 Å². The fraction of sp³-hybridized carbons (Fsp3) is 0.310. The van der Waals surface area contributed by atoms with Gasteiger partial charge in [0, 0.05) is 42.2 Å². The third-order valence-electron chi connectivity index (χ3n) is 7.13. The molecule has 2 aromatic carbocycles. The first-order chi connectivity index (χ1) is 19.0. The molecule has 2 aliphatic rings. The van der Waals surface area contributed by atoms with Gasteiger partial charge >= 0.3 is 5.97 Å². The summed E-state index contributed by atoms with van der Waals surface area (Å²) in [5, 5.41) is 8.24. The van der Waals surface area contributed by atoms with Crippen LogP contribution < -0.4 is 4.74 Å². The second kappa shape index (κ2) is 10.4. The first kappa shape index (κ1) is 24.8. The highest BCUT2D eigenvalue weighted by atomic mass is 19.1. The molecule has 0 spiro atoms. The van der Waals surface area contributed by atoms with E-state index in [4.69, 9.17) is 9.47 Å². The fourth-order valence-corrected chi connectivity index (χ4v) is 4.97. The molecule has 6 rings (SSSR count). The summed E-state index contributed by atoms with van der Waals surface area (Å²) in [5.74, 6) is -0.384. The van der Waals surface area contributed by atoms with Crippen LogP contribution in [0.2, 0.25) is 0 Å². The average molecular weight is 530 g/mol. The molecule has 1 N–H and O–H groups in total. The number of halogens is 1. The minimum atomic E-state index is -0.582. The lowest BCUT2D eigenvalue weighted by molar-refractivity contribution is -0.131. The van der Waals surface area contributed by atoms with Gasteiger partial charge in [-0.2, -0.15) is 0 Å². The van der Waals surface area contributed by atoms with Crippen LogP contribution in [0.3, 0.4) is 0 Å². The molecule has 1 amide bonds. The molecule has 10 heteroatoms. The van der Waals surface area contributed by atoms with E-state index in [0.29, 0.717) is 41.8 Å². The van der Waals surface area contributed by atoms with Crippen molar-refractivity contribution in [1.82, 2.24) is 24.9 Å². The van der Waals surface area contributed by atoms with Gasteiger partial charge in [0.2, 0.25) is 5.91 Å². The van der Waals surface area contributed by atoms with Crippen molar-refractivity contribution in [1.29, 1.82) is 0 Å². The van der Waals surface area contributed by atoms with Crippen molar-refractivity contribution >= 4 is 28.4 Å². The number of amides is 1. The number of nitrogens with zero attached hydrogens (tertiary/aromatic N) is 4. The first-order valence-electron chi connectivity index (χ1n) is 13.0. The zero-order valence-corrected chi connectivity index (χ0v) is 21.5. The van der Waals surface area contributed by atoms with Gasteiger partial charge in [-0.05, 0) is 48.6 Å². The number of para-hydroxylation sites is 1. The number of rotatable bonds is 8. The highest BCUT2D eigenvalue weighted by Crippen LogP contribution is 2.41. The summed E-state index contributed by atoms with van der Waals surface area (Å²) in [4.78, 5) is 30.0. The fourth-order valence-electron chi connectivity index (χ4n) is 4.97. The number of carbonyl (C=O) groups excluding carboxylic acids is 2. The second-order valence-electron chi connectivity index (χ2n) is 9.81. The molecular weight excluding hydrogens is 501 g/mol. The van der Waals surface area contributed by atoms with Crippen LogP contribution in [-0.2, 0) is 16.1 Å². The highest BCUT2D eigenvalue weighted by molar-refractivity contribution is 6.04. The zero-order chi connectivity index (χ0) is 26.9. The Bertz CT molecular complexity index is 1570. The number of aromatic nitrogens is 4. The van der Waals surface area contributed by atoms with Gasteiger partial charge in [0.25, 0.3) is 0 Å². The number of hydrogen-bond donors (Lipinski definition) is 1. The maximum Gasteiger partial charge on any atom is 0.354 e. The van der Waals surface area contributed by atoms with Gasteiger partial charge < -0.3 is 19.4 Å². The topological polar surface area (TPSA) is 102 Å². The molecule has 0 bridgehead atoms. The van der Waals surface area contributed by atoms with Crippen LogP contribution in [0.1, 0.15) is 41.7 Å². The summed E-state index contributed by atoms with van der Waals surface area (Å²) in [5.41, 5.74) is 3.01. The molecule has 4 aromatic rings. The summed E-state index contributed by atoms with van der Waals surface area (Å²) in [6, 6.07) is 11.1. The Kier molecular flexibility index (Phi) is 6.60. The Morgan fingerprint density at radius 2 is 2.00 bits per heavy atom. The van der Waals surface area contributed by atoms with E-state index >= 15 is 4.39 Å². The van der Waals surface area contributed by atoms with E-state index in [-0.39, 0.29) is 36.2 Å². The molecule has 0 unspecified atom stereocenters. The number of carbonyl (C=O) groups is 2. The number of nitrogens with one attached hydrogen (secondary N) is 1. The second-order valence-corrected chi connectivity index (χ2v) is 9.81. The summed E-state index contributed by atoms with van der Waals surface area (Å²) < 4.78 is 28.8. The summed E-state index contributed by atoms with van der Waals surface area (Å²) in [6.45, 7) is 1.27. The molecule has 1 saturated carbocycles. The number of esters is 1. The summed E-state index contributed by atoms with van der Waals surface area (Å²) in [6.07, 6.45) is 8.33. The molecular formula is C29H28FN5O4. The molecule has 1 aliphatic carbocycles. The smallest absolute Gasteiger partial charge is 0.354 e. The average Bonchev–Trinajstić information content (AvgIpc) is 3.42. The number of aryl methyl sites for hydroxylation is 1. The Morgan fingerprint density at radius 3 is 2.77 bits per heavy atom. The van der Waals surface area contributed by atoms with E-state index in [2.05, 4.69) is 15.3 Å². The van der Waals surface area contributed by atoms with Gasteiger partial charge in [-0.1, -0.05) is 29.5 Å². The third-order valence-corrected chi connectivity index (χ3v) is 7.13.